The quantitative estimate of drug-likeness (QED) is 0.685. The van der Waals surface area contributed by atoms with Crippen LogP contribution < -0.4 is 5.43 Å². The monoisotopic (exact) mass is 268 g/mol. The molecule has 0 aliphatic carbocycles. The van der Waals surface area contributed by atoms with Crippen LogP contribution in [-0.4, -0.2) is 16.2 Å². The highest BCUT2D eigenvalue weighted by atomic mass is 15.3. The second kappa shape index (κ2) is 5.82. The molecule has 0 radical (unpaired) electrons. The molecule has 104 valence electrons. The van der Waals surface area contributed by atoms with Crippen molar-refractivity contribution in [1.82, 2.24) is 9.97 Å². The predicted molar refractivity (Wildman–Crippen MR) is 83.4 cm³/mol. The maximum absolute atomic E-state index is 4.29. The van der Waals surface area contributed by atoms with Crippen molar-refractivity contribution in [3.8, 4) is 0 Å². The average Bonchev–Trinajstić information content (AvgIpc) is 2.31. The molecule has 20 heavy (non-hydrogen) atoms. The Morgan fingerprint density at radius 2 is 1.45 bits per heavy atom. The Labute approximate surface area is 120 Å². The van der Waals surface area contributed by atoms with Crippen LogP contribution in [0, 0.1) is 34.6 Å². The van der Waals surface area contributed by atoms with Gasteiger partial charge in [0.05, 0.1) is 6.21 Å². The fourth-order valence-electron chi connectivity index (χ4n) is 2.33. The lowest BCUT2D eigenvalue weighted by molar-refractivity contribution is 1.03. The predicted octanol–water partition coefficient (Wildman–Crippen LogP) is 3.46. The van der Waals surface area contributed by atoms with Crippen molar-refractivity contribution in [1.29, 1.82) is 0 Å². The van der Waals surface area contributed by atoms with Crippen LogP contribution in [0.4, 0.5) is 5.95 Å². The fourth-order valence-corrected chi connectivity index (χ4v) is 2.33. The van der Waals surface area contributed by atoms with Crippen LogP contribution in [0.1, 0.15) is 33.6 Å². The van der Waals surface area contributed by atoms with E-state index in [0.717, 1.165) is 17.0 Å². The molecule has 2 aromatic rings. The molecule has 0 bridgehead atoms. The number of nitrogens with one attached hydrogen (secondary N) is 1. The summed E-state index contributed by atoms with van der Waals surface area (Å²) in [6, 6.07) is 6.24. The summed E-state index contributed by atoms with van der Waals surface area (Å²) in [5.74, 6) is 0.529. The van der Waals surface area contributed by atoms with Crippen LogP contribution >= 0.6 is 0 Å². The van der Waals surface area contributed by atoms with E-state index >= 15 is 0 Å². The van der Waals surface area contributed by atoms with E-state index in [1.807, 2.05) is 26.1 Å². The van der Waals surface area contributed by atoms with Gasteiger partial charge in [-0.15, -0.1) is 0 Å². The molecule has 4 heteroatoms. The van der Waals surface area contributed by atoms with Gasteiger partial charge in [-0.1, -0.05) is 17.7 Å². The first-order valence-corrected chi connectivity index (χ1v) is 6.65. The minimum Gasteiger partial charge on any atom is -0.245 e. The lowest BCUT2D eigenvalue weighted by Crippen LogP contribution is -2.01. The van der Waals surface area contributed by atoms with Gasteiger partial charge in [0, 0.05) is 17.0 Å². The number of anilines is 1. The molecule has 0 saturated carbocycles. The summed E-state index contributed by atoms with van der Waals surface area (Å²) in [6.07, 6.45) is 1.82. The van der Waals surface area contributed by atoms with E-state index in [1.165, 1.54) is 16.7 Å². The van der Waals surface area contributed by atoms with Crippen molar-refractivity contribution in [2.45, 2.75) is 34.6 Å². The Morgan fingerprint density at radius 3 is 2.00 bits per heavy atom. The van der Waals surface area contributed by atoms with Gasteiger partial charge in [-0.05, 0) is 51.8 Å². The summed E-state index contributed by atoms with van der Waals surface area (Å²) in [4.78, 5) is 8.58. The van der Waals surface area contributed by atoms with Gasteiger partial charge in [-0.25, -0.2) is 15.4 Å². The molecule has 0 fully saturated rings. The second-order valence-corrected chi connectivity index (χ2v) is 5.16. The topological polar surface area (TPSA) is 50.2 Å². The largest absolute Gasteiger partial charge is 0.245 e. The Balaban J connectivity index is 2.18. The molecule has 0 unspecified atom stereocenters. The lowest BCUT2D eigenvalue weighted by atomic mass is 10.0. The van der Waals surface area contributed by atoms with Crippen LogP contribution in [0.15, 0.2) is 23.3 Å². The third kappa shape index (κ3) is 3.41. The normalized spacial score (nSPS) is 11.1. The first-order chi connectivity index (χ1) is 9.45. The summed E-state index contributed by atoms with van der Waals surface area (Å²) in [6.45, 7) is 10.2. The maximum Gasteiger partial charge on any atom is 0.243 e. The van der Waals surface area contributed by atoms with Crippen molar-refractivity contribution in [3.63, 3.8) is 0 Å². The molecule has 1 N–H and O–H groups in total. The van der Waals surface area contributed by atoms with Crippen molar-refractivity contribution in [3.05, 3.63) is 51.8 Å². The van der Waals surface area contributed by atoms with Crippen LogP contribution in [0.2, 0.25) is 0 Å². The Morgan fingerprint density at radius 1 is 0.900 bits per heavy atom. The molecule has 0 spiro atoms. The molecule has 4 nitrogen and oxygen atoms in total. The van der Waals surface area contributed by atoms with Crippen molar-refractivity contribution in [2.75, 3.05) is 5.43 Å². The van der Waals surface area contributed by atoms with Crippen LogP contribution in [0.3, 0.4) is 0 Å². The van der Waals surface area contributed by atoms with Gasteiger partial charge in [0.15, 0.2) is 0 Å². The minimum atomic E-state index is 0.529. The summed E-state index contributed by atoms with van der Waals surface area (Å²) < 4.78 is 0. The molecule has 0 amide bonds. The van der Waals surface area contributed by atoms with Crippen molar-refractivity contribution < 1.29 is 0 Å². The van der Waals surface area contributed by atoms with E-state index in [-0.39, 0.29) is 0 Å². The van der Waals surface area contributed by atoms with Gasteiger partial charge in [0.2, 0.25) is 5.95 Å². The summed E-state index contributed by atoms with van der Waals surface area (Å²) in [7, 11) is 0. The molecule has 0 aliphatic rings. The molecular weight excluding hydrogens is 248 g/mol. The first kappa shape index (κ1) is 14.2. The number of hydrogen-bond acceptors (Lipinski definition) is 4. The first-order valence-electron chi connectivity index (χ1n) is 6.65. The van der Waals surface area contributed by atoms with E-state index in [9.17, 15) is 0 Å². The summed E-state index contributed by atoms with van der Waals surface area (Å²) in [5.41, 5.74) is 9.58. The number of hydrogen-bond donors (Lipinski definition) is 1. The number of rotatable bonds is 3. The van der Waals surface area contributed by atoms with Gasteiger partial charge in [0.1, 0.15) is 0 Å². The molecule has 1 heterocycles. The van der Waals surface area contributed by atoms with E-state index < -0.39 is 0 Å². The Hall–Kier alpha value is -2.23. The van der Waals surface area contributed by atoms with E-state index in [0.29, 0.717) is 5.95 Å². The van der Waals surface area contributed by atoms with Gasteiger partial charge < -0.3 is 0 Å². The van der Waals surface area contributed by atoms with E-state index in [1.54, 1.807) is 0 Å². The van der Waals surface area contributed by atoms with Gasteiger partial charge in [-0.3, -0.25) is 0 Å². The molecular formula is C16H20N4. The van der Waals surface area contributed by atoms with Crippen LogP contribution in [0.25, 0.3) is 0 Å². The summed E-state index contributed by atoms with van der Waals surface area (Å²) >= 11 is 0. The number of hydrazone groups is 1. The zero-order chi connectivity index (χ0) is 14.7. The van der Waals surface area contributed by atoms with E-state index in [2.05, 4.69) is 53.4 Å². The van der Waals surface area contributed by atoms with Crippen LogP contribution in [0.5, 0.6) is 0 Å². The molecule has 0 aliphatic heterocycles. The third-order valence-corrected chi connectivity index (χ3v) is 3.08. The SMILES string of the molecule is Cc1cc(C)c(/C=N/Nc2nc(C)cc(C)n2)c(C)c1. The van der Waals surface area contributed by atoms with Crippen molar-refractivity contribution >= 4 is 12.2 Å². The highest BCUT2D eigenvalue weighted by Gasteiger charge is 2.01. The van der Waals surface area contributed by atoms with Gasteiger partial charge in [0.25, 0.3) is 0 Å². The van der Waals surface area contributed by atoms with Gasteiger partial charge >= 0.3 is 0 Å². The number of nitrogens with zero attached hydrogens (tertiary/aromatic N) is 3. The highest BCUT2D eigenvalue weighted by Crippen LogP contribution is 2.14. The van der Waals surface area contributed by atoms with Gasteiger partial charge in [-0.2, -0.15) is 5.10 Å². The lowest BCUT2D eigenvalue weighted by Gasteiger charge is -2.06. The Bertz CT molecular complexity index is 616. The third-order valence-electron chi connectivity index (χ3n) is 3.08. The van der Waals surface area contributed by atoms with Crippen molar-refractivity contribution in [2.24, 2.45) is 5.10 Å². The highest BCUT2D eigenvalue weighted by molar-refractivity contribution is 5.84. The van der Waals surface area contributed by atoms with E-state index in [4.69, 9.17) is 0 Å². The fraction of sp³-hybridized carbons (Fsp3) is 0.312. The molecule has 0 saturated heterocycles. The van der Waals surface area contributed by atoms with Crippen LogP contribution in [-0.2, 0) is 0 Å². The molecule has 2 rings (SSSR count). The second-order valence-electron chi connectivity index (χ2n) is 5.16. The summed E-state index contributed by atoms with van der Waals surface area (Å²) in [5, 5.41) is 4.25. The smallest absolute Gasteiger partial charge is 0.243 e. The molecule has 0 atom stereocenters. The molecule has 1 aromatic carbocycles. The molecule has 1 aromatic heterocycles. The number of benzene rings is 1. The average molecular weight is 268 g/mol. The Kier molecular flexibility index (Phi) is 4.13. The standard InChI is InChI=1S/C16H20N4/c1-10-6-11(2)15(12(3)7-10)9-17-20-16-18-13(4)8-14(5)19-16/h6-9H,1-5H3,(H,18,19,20)/b17-9+. The number of aryl methyl sites for hydroxylation is 5. The number of aromatic nitrogens is 2. The zero-order valence-corrected chi connectivity index (χ0v) is 12.7. The zero-order valence-electron chi connectivity index (χ0n) is 12.7. The maximum atomic E-state index is 4.29. The minimum absolute atomic E-state index is 0.529.